The Morgan fingerprint density at radius 2 is 1.03 bits per heavy atom. The van der Waals surface area contributed by atoms with Crippen molar-refractivity contribution >= 4 is 0 Å². The van der Waals surface area contributed by atoms with Crippen LogP contribution in [0.2, 0.25) is 0 Å². The zero-order valence-corrected chi connectivity index (χ0v) is 22.3. The van der Waals surface area contributed by atoms with Gasteiger partial charge in [0.1, 0.15) is 6.10 Å². The minimum atomic E-state index is -0.954. The Kier molecular flexibility index (Phi) is 33.1. The van der Waals surface area contributed by atoms with Crippen LogP contribution in [0.5, 0.6) is 0 Å². The van der Waals surface area contributed by atoms with Crippen molar-refractivity contribution in [1.29, 1.82) is 0 Å². The molecule has 0 fully saturated rings. The van der Waals surface area contributed by atoms with E-state index in [1.807, 2.05) is 25.1 Å². The van der Waals surface area contributed by atoms with Crippen LogP contribution in [0.3, 0.4) is 0 Å². The van der Waals surface area contributed by atoms with Crippen LogP contribution in [0.4, 0.5) is 0 Å². The molecule has 0 unspecified atom stereocenters. The SMILES string of the molecule is CCCCCCCCCCCCCCCCCO.CCOCc1ccccc1.OCC(O)CO. The van der Waals surface area contributed by atoms with Crippen LogP contribution in [-0.4, -0.2) is 53.0 Å². The van der Waals surface area contributed by atoms with Gasteiger partial charge in [-0.25, -0.2) is 0 Å². The molecule has 0 amide bonds. The second kappa shape index (κ2) is 32.0. The van der Waals surface area contributed by atoms with Gasteiger partial charge in [0, 0.05) is 13.2 Å². The molecule has 0 spiro atoms. The third-order valence-electron chi connectivity index (χ3n) is 5.50. The molecule has 202 valence electrons. The maximum atomic E-state index is 8.66. The molecular weight excluding hydrogens is 428 g/mol. The summed E-state index contributed by atoms with van der Waals surface area (Å²) in [5.41, 5.74) is 1.24. The molecule has 4 N–H and O–H groups in total. The molecule has 34 heavy (non-hydrogen) atoms. The quantitative estimate of drug-likeness (QED) is 0.161. The van der Waals surface area contributed by atoms with E-state index in [1.165, 1.54) is 95.5 Å². The van der Waals surface area contributed by atoms with Crippen LogP contribution < -0.4 is 0 Å². The predicted octanol–water partition coefficient (Wildman–Crippen LogP) is 6.41. The molecule has 0 saturated heterocycles. The smallest absolute Gasteiger partial charge is 0.100 e. The van der Waals surface area contributed by atoms with Gasteiger partial charge in [-0.15, -0.1) is 0 Å². The summed E-state index contributed by atoms with van der Waals surface area (Å²) >= 11 is 0. The topological polar surface area (TPSA) is 90.2 Å². The molecule has 1 aromatic carbocycles. The average Bonchev–Trinajstić information content (AvgIpc) is 2.88. The molecule has 0 aliphatic rings. The number of ether oxygens (including phenoxy) is 1. The molecule has 0 heterocycles. The van der Waals surface area contributed by atoms with E-state index in [9.17, 15) is 0 Å². The number of aliphatic hydroxyl groups is 4. The van der Waals surface area contributed by atoms with E-state index in [0.717, 1.165) is 19.6 Å². The number of rotatable bonds is 20. The van der Waals surface area contributed by atoms with Gasteiger partial charge in [-0.3, -0.25) is 0 Å². The highest BCUT2D eigenvalue weighted by atomic mass is 16.5. The van der Waals surface area contributed by atoms with Gasteiger partial charge >= 0.3 is 0 Å². The van der Waals surface area contributed by atoms with E-state index in [0.29, 0.717) is 6.61 Å². The summed E-state index contributed by atoms with van der Waals surface area (Å²) < 4.78 is 5.22. The summed E-state index contributed by atoms with van der Waals surface area (Å²) in [6, 6.07) is 10.2. The second-order valence-corrected chi connectivity index (χ2v) is 8.82. The fourth-order valence-corrected chi connectivity index (χ4v) is 3.34. The van der Waals surface area contributed by atoms with Crippen LogP contribution in [-0.2, 0) is 11.3 Å². The Hall–Kier alpha value is -0.980. The van der Waals surface area contributed by atoms with Crippen LogP contribution in [0.25, 0.3) is 0 Å². The highest BCUT2D eigenvalue weighted by Crippen LogP contribution is 2.13. The number of hydrogen-bond donors (Lipinski definition) is 4. The minimum Gasteiger partial charge on any atom is -0.396 e. The van der Waals surface area contributed by atoms with E-state index >= 15 is 0 Å². The fraction of sp³-hybridized carbons (Fsp3) is 0.793. The summed E-state index contributed by atoms with van der Waals surface area (Å²) in [4.78, 5) is 0. The van der Waals surface area contributed by atoms with Gasteiger partial charge in [-0.05, 0) is 18.9 Å². The Labute approximate surface area is 210 Å². The van der Waals surface area contributed by atoms with Gasteiger partial charge in [-0.2, -0.15) is 0 Å². The van der Waals surface area contributed by atoms with E-state index < -0.39 is 6.10 Å². The fourth-order valence-electron chi connectivity index (χ4n) is 3.34. The molecule has 5 heteroatoms. The minimum absolute atomic E-state index is 0.365. The largest absolute Gasteiger partial charge is 0.396 e. The monoisotopic (exact) mass is 484 g/mol. The van der Waals surface area contributed by atoms with Crippen molar-refractivity contribution in [3.05, 3.63) is 35.9 Å². The molecule has 0 atom stereocenters. The second-order valence-electron chi connectivity index (χ2n) is 8.82. The van der Waals surface area contributed by atoms with Crippen molar-refractivity contribution in [2.75, 3.05) is 26.4 Å². The third-order valence-corrected chi connectivity index (χ3v) is 5.50. The number of unbranched alkanes of at least 4 members (excludes halogenated alkanes) is 14. The first-order valence-electron chi connectivity index (χ1n) is 13.8. The van der Waals surface area contributed by atoms with Gasteiger partial charge in [0.2, 0.25) is 0 Å². The number of aliphatic hydroxyl groups excluding tert-OH is 4. The lowest BCUT2D eigenvalue weighted by Gasteiger charge is -2.02. The highest BCUT2D eigenvalue weighted by molar-refractivity contribution is 5.13. The van der Waals surface area contributed by atoms with Crippen molar-refractivity contribution < 1.29 is 25.2 Å². The van der Waals surface area contributed by atoms with Crippen LogP contribution >= 0.6 is 0 Å². The lowest BCUT2D eigenvalue weighted by molar-refractivity contribution is 0.0450. The molecule has 1 rings (SSSR count). The maximum absolute atomic E-state index is 8.66. The van der Waals surface area contributed by atoms with Crippen molar-refractivity contribution in [3.8, 4) is 0 Å². The summed E-state index contributed by atoms with van der Waals surface area (Å²) in [7, 11) is 0. The van der Waals surface area contributed by atoms with E-state index in [1.54, 1.807) is 0 Å². The molecular formula is C29H56O5. The molecule has 0 bridgehead atoms. The zero-order chi connectivity index (χ0) is 25.5. The molecule has 0 aliphatic heterocycles. The lowest BCUT2D eigenvalue weighted by Crippen LogP contribution is -2.15. The lowest BCUT2D eigenvalue weighted by atomic mass is 10.0. The molecule has 0 aliphatic carbocycles. The summed E-state index contributed by atoms with van der Waals surface area (Å²) in [6.45, 7) is 5.45. The van der Waals surface area contributed by atoms with Gasteiger partial charge in [0.05, 0.1) is 19.8 Å². The van der Waals surface area contributed by atoms with E-state index in [4.69, 9.17) is 25.2 Å². The summed E-state index contributed by atoms with van der Waals surface area (Å²) in [5, 5.41) is 32.7. The van der Waals surface area contributed by atoms with Crippen molar-refractivity contribution in [2.24, 2.45) is 0 Å². The molecule has 0 aromatic heterocycles. The third kappa shape index (κ3) is 31.0. The zero-order valence-electron chi connectivity index (χ0n) is 22.3. The molecule has 1 aromatic rings. The first-order valence-corrected chi connectivity index (χ1v) is 13.8. The van der Waals surface area contributed by atoms with E-state index in [2.05, 4.69) is 19.1 Å². The molecule has 0 saturated carbocycles. The van der Waals surface area contributed by atoms with Gasteiger partial charge in [-0.1, -0.05) is 127 Å². The van der Waals surface area contributed by atoms with Crippen LogP contribution in [0.15, 0.2) is 30.3 Å². The van der Waals surface area contributed by atoms with E-state index in [-0.39, 0.29) is 13.2 Å². The maximum Gasteiger partial charge on any atom is 0.100 e. The normalized spacial score (nSPS) is 10.4. The number of hydrogen-bond acceptors (Lipinski definition) is 5. The van der Waals surface area contributed by atoms with Gasteiger partial charge in [0.25, 0.3) is 0 Å². The highest BCUT2D eigenvalue weighted by Gasteiger charge is 1.94. The van der Waals surface area contributed by atoms with Gasteiger partial charge < -0.3 is 25.2 Å². The number of benzene rings is 1. The molecule has 0 radical (unpaired) electrons. The Balaban J connectivity index is 0. The first-order chi connectivity index (χ1) is 16.7. The summed E-state index contributed by atoms with van der Waals surface area (Å²) in [6.07, 6.45) is 19.7. The van der Waals surface area contributed by atoms with Crippen LogP contribution in [0.1, 0.15) is 116 Å². The van der Waals surface area contributed by atoms with Crippen molar-refractivity contribution in [1.82, 2.24) is 0 Å². The first kappa shape index (κ1) is 35.2. The Morgan fingerprint density at radius 1 is 0.618 bits per heavy atom. The summed E-state index contributed by atoms with van der Waals surface area (Å²) in [5.74, 6) is 0. The average molecular weight is 485 g/mol. The van der Waals surface area contributed by atoms with Gasteiger partial charge in [0.15, 0.2) is 0 Å². The Bertz CT molecular complexity index is 435. The van der Waals surface area contributed by atoms with Crippen LogP contribution in [0, 0.1) is 0 Å². The van der Waals surface area contributed by atoms with Crippen molar-refractivity contribution in [3.63, 3.8) is 0 Å². The predicted molar refractivity (Wildman–Crippen MR) is 144 cm³/mol. The standard InChI is InChI=1S/C17H36O.C9H12O.C3H8O3/c1-2-3-4-5-6-7-8-9-10-11-12-13-14-15-16-17-18;1-2-10-8-9-6-4-3-5-7-9;4-1-3(6)2-5/h18H,2-17H2,1H3;3-7H,2,8H2,1H3;3-6H,1-2H2. The Morgan fingerprint density at radius 3 is 1.35 bits per heavy atom. The van der Waals surface area contributed by atoms with Crippen molar-refractivity contribution in [2.45, 2.75) is 123 Å². The molecule has 5 nitrogen and oxygen atoms in total.